The van der Waals surface area contributed by atoms with E-state index in [1.165, 1.54) is 5.56 Å². The highest BCUT2D eigenvalue weighted by Gasteiger charge is 2.01. The summed E-state index contributed by atoms with van der Waals surface area (Å²) in [4.78, 5) is 13.4. The van der Waals surface area contributed by atoms with Crippen LogP contribution in [0, 0.1) is 0 Å². The number of halogens is 1. The first-order valence-electron chi connectivity index (χ1n) is 5.21. The Morgan fingerprint density at radius 1 is 1.31 bits per heavy atom. The normalized spacial score (nSPS) is 10.5. The third-order valence-corrected chi connectivity index (χ3v) is 2.45. The number of carbonyl (C=O) groups is 1. The SMILES string of the molecule is CN(C)Cc1ccc(NC(=O)CCBr)cc1. The number of rotatable bonds is 5. The zero-order valence-electron chi connectivity index (χ0n) is 9.66. The lowest BCUT2D eigenvalue weighted by atomic mass is 10.2. The van der Waals surface area contributed by atoms with Gasteiger partial charge in [0.25, 0.3) is 0 Å². The van der Waals surface area contributed by atoms with Crippen LogP contribution in [-0.4, -0.2) is 30.2 Å². The Labute approximate surface area is 105 Å². The fraction of sp³-hybridized carbons (Fsp3) is 0.417. The van der Waals surface area contributed by atoms with E-state index in [9.17, 15) is 4.79 Å². The summed E-state index contributed by atoms with van der Waals surface area (Å²) in [7, 11) is 4.07. The molecule has 0 fully saturated rings. The van der Waals surface area contributed by atoms with Gasteiger partial charge in [-0.1, -0.05) is 28.1 Å². The van der Waals surface area contributed by atoms with E-state index in [2.05, 4.69) is 26.1 Å². The van der Waals surface area contributed by atoms with Gasteiger partial charge in [0.2, 0.25) is 5.91 Å². The highest BCUT2D eigenvalue weighted by molar-refractivity contribution is 9.09. The fourth-order valence-electron chi connectivity index (χ4n) is 1.37. The smallest absolute Gasteiger partial charge is 0.225 e. The Morgan fingerprint density at radius 3 is 2.44 bits per heavy atom. The number of carbonyl (C=O) groups excluding carboxylic acids is 1. The van der Waals surface area contributed by atoms with Gasteiger partial charge in [-0.15, -0.1) is 0 Å². The maximum absolute atomic E-state index is 11.3. The first-order chi connectivity index (χ1) is 7.61. The molecule has 0 aromatic heterocycles. The van der Waals surface area contributed by atoms with Crippen molar-refractivity contribution in [2.45, 2.75) is 13.0 Å². The number of amides is 1. The molecule has 0 aliphatic carbocycles. The van der Waals surface area contributed by atoms with Gasteiger partial charge in [-0.2, -0.15) is 0 Å². The summed E-state index contributed by atoms with van der Waals surface area (Å²) in [5.74, 6) is 0.0391. The van der Waals surface area contributed by atoms with Crippen LogP contribution in [0.15, 0.2) is 24.3 Å². The van der Waals surface area contributed by atoms with E-state index < -0.39 is 0 Å². The molecular weight excluding hydrogens is 268 g/mol. The molecule has 4 heteroatoms. The second-order valence-corrected chi connectivity index (χ2v) is 4.71. The Hall–Kier alpha value is -0.870. The fourth-order valence-corrected chi connectivity index (χ4v) is 1.73. The minimum absolute atomic E-state index is 0.0391. The van der Waals surface area contributed by atoms with Crippen LogP contribution in [-0.2, 0) is 11.3 Å². The standard InChI is InChI=1S/C12H17BrN2O/c1-15(2)9-10-3-5-11(6-4-10)14-12(16)7-8-13/h3-6H,7-9H2,1-2H3,(H,14,16). The third kappa shape index (κ3) is 4.77. The number of nitrogens with one attached hydrogen (secondary N) is 1. The number of benzene rings is 1. The van der Waals surface area contributed by atoms with E-state index in [0.717, 1.165) is 12.2 Å². The minimum Gasteiger partial charge on any atom is -0.326 e. The molecule has 1 amide bonds. The van der Waals surface area contributed by atoms with Crippen LogP contribution < -0.4 is 5.32 Å². The summed E-state index contributed by atoms with van der Waals surface area (Å²) in [5.41, 5.74) is 2.09. The van der Waals surface area contributed by atoms with Crippen molar-refractivity contribution < 1.29 is 4.79 Å². The quantitative estimate of drug-likeness (QED) is 0.843. The summed E-state index contributed by atoms with van der Waals surface area (Å²) < 4.78 is 0. The van der Waals surface area contributed by atoms with Crippen molar-refractivity contribution in [1.82, 2.24) is 4.90 Å². The predicted molar refractivity (Wildman–Crippen MR) is 70.9 cm³/mol. The topological polar surface area (TPSA) is 32.3 Å². The molecule has 1 aromatic carbocycles. The molecule has 0 aliphatic heterocycles. The summed E-state index contributed by atoms with van der Waals surface area (Å²) in [5, 5.41) is 3.53. The van der Waals surface area contributed by atoms with Crippen molar-refractivity contribution in [1.29, 1.82) is 0 Å². The Kier molecular flexibility index (Phi) is 5.49. The molecule has 0 spiro atoms. The Bertz CT molecular complexity index is 335. The summed E-state index contributed by atoms with van der Waals surface area (Å²) in [6.45, 7) is 0.912. The lowest BCUT2D eigenvalue weighted by molar-refractivity contribution is -0.115. The first kappa shape index (κ1) is 13.2. The van der Waals surface area contributed by atoms with E-state index in [1.54, 1.807) is 0 Å². The predicted octanol–water partition coefficient (Wildman–Crippen LogP) is 2.47. The third-order valence-electron chi connectivity index (χ3n) is 2.06. The van der Waals surface area contributed by atoms with Crippen LogP contribution in [0.3, 0.4) is 0 Å². The maximum atomic E-state index is 11.3. The number of hydrogen-bond acceptors (Lipinski definition) is 2. The summed E-state index contributed by atoms with van der Waals surface area (Å²) in [6.07, 6.45) is 0.499. The van der Waals surface area contributed by atoms with Gasteiger partial charge in [0.1, 0.15) is 0 Å². The zero-order chi connectivity index (χ0) is 12.0. The maximum Gasteiger partial charge on any atom is 0.225 e. The van der Waals surface area contributed by atoms with Gasteiger partial charge in [-0.25, -0.2) is 0 Å². The monoisotopic (exact) mass is 284 g/mol. The van der Waals surface area contributed by atoms with Gasteiger partial charge in [0.05, 0.1) is 0 Å². The van der Waals surface area contributed by atoms with Crippen molar-refractivity contribution in [3.05, 3.63) is 29.8 Å². The lowest BCUT2D eigenvalue weighted by Crippen LogP contribution is -2.12. The molecule has 1 rings (SSSR count). The van der Waals surface area contributed by atoms with Crippen molar-refractivity contribution in [2.75, 3.05) is 24.7 Å². The number of anilines is 1. The second kappa shape index (κ2) is 6.66. The van der Waals surface area contributed by atoms with Crippen molar-refractivity contribution in [3.8, 4) is 0 Å². The molecule has 0 unspecified atom stereocenters. The molecule has 0 radical (unpaired) electrons. The molecule has 3 nitrogen and oxygen atoms in total. The molecule has 16 heavy (non-hydrogen) atoms. The van der Waals surface area contributed by atoms with Crippen LogP contribution in [0.4, 0.5) is 5.69 Å². The van der Waals surface area contributed by atoms with Crippen LogP contribution in [0.2, 0.25) is 0 Å². The van der Waals surface area contributed by atoms with E-state index in [1.807, 2.05) is 38.4 Å². The molecule has 88 valence electrons. The molecule has 1 N–H and O–H groups in total. The number of hydrogen-bond donors (Lipinski definition) is 1. The average molecular weight is 285 g/mol. The second-order valence-electron chi connectivity index (χ2n) is 3.92. The van der Waals surface area contributed by atoms with E-state index in [0.29, 0.717) is 11.8 Å². The Balaban J connectivity index is 2.54. The summed E-state index contributed by atoms with van der Waals surface area (Å²) in [6, 6.07) is 7.93. The van der Waals surface area contributed by atoms with E-state index in [4.69, 9.17) is 0 Å². The van der Waals surface area contributed by atoms with Crippen molar-refractivity contribution >= 4 is 27.5 Å². The molecule has 0 heterocycles. The molecule has 0 aliphatic rings. The highest BCUT2D eigenvalue weighted by Crippen LogP contribution is 2.11. The molecule has 1 aromatic rings. The minimum atomic E-state index is 0.0391. The van der Waals surface area contributed by atoms with Crippen molar-refractivity contribution in [3.63, 3.8) is 0 Å². The molecule has 0 saturated heterocycles. The van der Waals surface area contributed by atoms with E-state index >= 15 is 0 Å². The van der Waals surface area contributed by atoms with E-state index in [-0.39, 0.29) is 5.91 Å². The van der Waals surface area contributed by atoms with Gasteiger partial charge in [-0.05, 0) is 31.8 Å². The highest BCUT2D eigenvalue weighted by atomic mass is 79.9. The van der Waals surface area contributed by atoms with Crippen LogP contribution in [0.1, 0.15) is 12.0 Å². The largest absolute Gasteiger partial charge is 0.326 e. The van der Waals surface area contributed by atoms with Gasteiger partial charge in [0.15, 0.2) is 0 Å². The average Bonchev–Trinajstić information content (AvgIpc) is 2.20. The van der Waals surface area contributed by atoms with Gasteiger partial charge < -0.3 is 10.2 Å². The molecular formula is C12H17BrN2O. The number of nitrogens with zero attached hydrogens (tertiary/aromatic N) is 1. The molecule has 0 atom stereocenters. The van der Waals surface area contributed by atoms with Gasteiger partial charge >= 0.3 is 0 Å². The Morgan fingerprint density at radius 2 is 1.94 bits per heavy atom. The molecule has 0 saturated carbocycles. The van der Waals surface area contributed by atoms with Gasteiger partial charge in [-0.3, -0.25) is 4.79 Å². The lowest BCUT2D eigenvalue weighted by Gasteiger charge is -2.10. The van der Waals surface area contributed by atoms with Crippen molar-refractivity contribution in [2.24, 2.45) is 0 Å². The van der Waals surface area contributed by atoms with Crippen LogP contribution in [0.5, 0.6) is 0 Å². The summed E-state index contributed by atoms with van der Waals surface area (Å²) >= 11 is 3.24. The van der Waals surface area contributed by atoms with Crippen LogP contribution >= 0.6 is 15.9 Å². The van der Waals surface area contributed by atoms with Gasteiger partial charge in [0, 0.05) is 24.0 Å². The first-order valence-corrected chi connectivity index (χ1v) is 6.33. The zero-order valence-corrected chi connectivity index (χ0v) is 11.3. The molecule has 0 bridgehead atoms. The van der Waals surface area contributed by atoms with Crippen LogP contribution in [0.25, 0.3) is 0 Å². The number of alkyl halides is 1.